The summed E-state index contributed by atoms with van der Waals surface area (Å²) in [6.45, 7) is 3.10. The fourth-order valence-corrected chi connectivity index (χ4v) is 3.79. The summed E-state index contributed by atoms with van der Waals surface area (Å²) in [6, 6.07) is 14.3. The Morgan fingerprint density at radius 1 is 1.17 bits per heavy atom. The summed E-state index contributed by atoms with van der Waals surface area (Å²) in [5.41, 5.74) is 3.45. The zero-order valence-electron chi connectivity index (χ0n) is 17.4. The first-order valence-corrected chi connectivity index (χ1v) is 9.90. The third-order valence-corrected chi connectivity index (χ3v) is 5.42. The number of carbonyl (C=O) groups excluding carboxylic acids is 1. The van der Waals surface area contributed by atoms with Gasteiger partial charge in [-0.2, -0.15) is 0 Å². The van der Waals surface area contributed by atoms with Crippen molar-refractivity contribution in [3.63, 3.8) is 0 Å². The van der Waals surface area contributed by atoms with Gasteiger partial charge in [-0.1, -0.05) is 30.3 Å². The second-order valence-electron chi connectivity index (χ2n) is 7.36. The van der Waals surface area contributed by atoms with Crippen LogP contribution in [-0.4, -0.2) is 32.7 Å². The van der Waals surface area contributed by atoms with Gasteiger partial charge in [0.15, 0.2) is 11.5 Å². The van der Waals surface area contributed by atoms with Crippen molar-refractivity contribution in [1.29, 1.82) is 0 Å². The second-order valence-corrected chi connectivity index (χ2v) is 7.36. The van der Waals surface area contributed by atoms with Gasteiger partial charge >= 0.3 is 0 Å². The molecule has 1 heterocycles. The highest BCUT2D eigenvalue weighted by Crippen LogP contribution is 2.31. The molecule has 0 saturated carbocycles. The van der Waals surface area contributed by atoms with Crippen LogP contribution >= 0.6 is 12.4 Å². The van der Waals surface area contributed by atoms with Crippen LogP contribution in [-0.2, 0) is 11.2 Å². The first-order valence-electron chi connectivity index (χ1n) is 9.90. The monoisotopic (exact) mass is 418 g/mol. The molecule has 5 nitrogen and oxygen atoms in total. The molecule has 0 spiro atoms. The quantitative estimate of drug-likeness (QED) is 0.680. The SMILES string of the molecule is COc1ccc(C(Cc2ccccc2C)NC(=O)CC2CCCN2)cc1OC.Cl. The van der Waals surface area contributed by atoms with Crippen LogP contribution in [0.4, 0.5) is 0 Å². The van der Waals surface area contributed by atoms with Crippen LogP contribution in [0.2, 0.25) is 0 Å². The molecular weight excluding hydrogens is 388 g/mol. The second kappa shape index (κ2) is 11.1. The van der Waals surface area contributed by atoms with E-state index in [9.17, 15) is 4.79 Å². The number of carbonyl (C=O) groups is 1. The van der Waals surface area contributed by atoms with Crippen LogP contribution in [0.3, 0.4) is 0 Å². The number of benzene rings is 2. The van der Waals surface area contributed by atoms with Crippen molar-refractivity contribution in [2.24, 2.45) is 0 Å². The first kappa shape index (κ1) is 23.0. The Morgan fingerprint density at radius 2 is 1.93 bits per heavy atom. The molecule has 29 heavy (non-hydrogen) atoms. The van der Waals surface area contributed by atoms with Crippen molar-refractivity contribution < 1.29 is 14.3 Å². The summed E-state index contributed by atoms with van der Waals surface area (Å²) in [5.74, 6) is 1.43. The van der Waals surface area contributed by atoms with E-state index in [0.29, 0.717) is 17.9 Å². The maximum atomic E-state index is 12.7. The smallest absolute Gasteiger partial charge is 0.222 e. The largest absolute Gasteiger partial charge is 0.493 e. The summed E-state index contributed by atoms with van der Waals surface area (Å²) >= 11 is 0. The van der Waals surface area contributed by atoms with E-state index in [1.54, 1.807) is 14.2 Å². The van der Waals surface area contributed by atoms with E-state index in [4.69, 9.17) is 9.47 Å². The fourth-order valence-electron chi connectivity index (χ4n) is 3.79. The van der Waals surface area contributed by atoms with Gasteiger partial charge in [0.1, 0.15) is 0 Å². The third-order valence-electron chi connectivity index (χ3n) is 5.42. The van der Waals surface area contributed by atoms with Gasteiger partial charge in [-0.15, -0.1) is 12.4 Å². The molecule has 2 aromatic rings. The minimum atomic E-state index is -0.130. The summed E-state index contributed by atoms with van der Waals surface area (Å²) in [4.78, 5) is 12.7. The minimum absolute atomic E-state index is 0. The lowest BCUT2D eigenvalue weighted by atomic mass is 9.95. The molecule has 2 aromatic carbocycles. The number of aryl methyl sites for hydroxylation is 1. The Balaban J connectivity index is 0.00000300. The topological polar surface area (TPSA) is 59.6 Å². The Kier molecular flexibility index (Phi) is 8.80. The number of hydrogen-bond donors (Lipinski definition) is 2. The van der Waals surface area contributed by atoms with E-state index in [1.807, 2.05) is 30.3 Å². The highest BCUT2D eigenvalue weighted by molar-refractivity contribution is 5.85. The average molecular weight is 419 g/mol. The number of rotatable bonds is 8. The van der Waals surface area contributed by atoms with Crippen LogP contribution in [0.15, 0.2) is 42.5 Å². The molecule has 1 aliphatic rings. The van der Waals surface area contributed by atoms with Crippen molar-refractivity contribution in [3.05, 3.63) is 59.2 Å². The van der Waals surface area contributed by atoms with Gasteiger partial charge in [0, 0.05) is 12.5 Å². The van der Waals surface area contributed by atoms with E-state index in [1.165, 1.54) is 11.1 Å². The molecular formula is C23H31ClN2O3. The molecule has 1 aliphatic heterocycles. The standard InChI is InChI=1S/C23H30N2O3.ClH/c1-16-7-4-5-8-17(16)13-20(25-23(26)15-19-9-6-12-24-19)18-10-11-21(27-2)22(14-18)28-3;/h4-5,7-8,10-11,14,19-20,24H,6,9,12-13,15H2,1-3H3,(H,25,26);1H. The van der Waals surface area contributed by atoms with Crippen LogP contribution in [0.1, 0.15) is 42.0 Å². The molecule has 0 bridgehead atoms. The summed E-state index contributed by atoms with van der Waals surface area (Å²) < 4.78 is 10.8. The Labute approximate surface area is 179 Å². The number of hydrogen-bond acceptors (Lipinski definition) is 4. The molecule has 3 rings (SSSR count). The van der Waals surface area contributed by atoms with Crippen molar-refractivity contribution >= 4 is 18.3 Å². The lowest BCUT2D eigenvalue weighted by Gasteiger charge is -2.22. The predicted octanol–water partition coefficient (Wildman–Crippen LogP) is 3.98. The summed E-state index contributed by atoms with van der Waals surface area (Å²) in [6.07, 6.45) is 3.44. The van der Waals surface area contributed by atoms with E-state index in [0.717, 1.165) is 31.4 Å². The highest BCUT2D eigenvalue weighted by atomic mass is 35.5. The van der Waals surface area contributed by atoms with Crippen LogP contribution in [0.5, 0.6) is 11.5 Å². The zero-order chi connectivity index (χ0) is 19.9. The molecule has 1 saturated heterocycles. The minimum Gasteiger partial charge on any atom is -0.493 e. The molecule has 2 atom stereocenters. The highest BCUT2D eigenvalue weighted by Gasteiger charge is 2.22. The number of halogens is 1. The maximum absolute atomic E-state index is 12.7. The van der Waals surface area contributed by atoms with Gasteiger partial charge in [-0.3, -0.25) is 4.79 Å². The van der Waals surface area contributed by atoms with Crippen LogP contribution < -0.4 is 20.1 Å². The van der Waals surface area contributed by atoms with E-state index < -0.39 is 0 Å². The lowest BCUT2D eigenvalue weighted by Crippen LogP contribution is -2.35. The lowest BCUT2D eigenvalue weighted by molar-refractivity contribution is -0.122. The van der Waals surface area contributed by atoms with E-state index in [2.05, 4.69) is 29.7 Å². The van der Waals surface area contributed by atoms with Gasteiger partial charge in [0.05, 0.1) is 20.3 Å². The number of methoxy groups -OCH3 is 2. The molecule has 2 N–H and O–H groups in total. The molecule has 1 amide bonds. The zero-order valence-corrected chi connectivity index (χ0v) is 18.2. The maximum Gasteiger partial charge on any atom is 0.222 e. The van der Waals surface area contributed by atoms with Crippen molar-refractivity contribution in [3.8, 4) is 11.5 Å². The third kappa shape index (κ3) is 6.12. The van der Waals surface area contributed by atoms with E-state index in [-0.39, 0.29) is 30.4 Å². The predicted molar refractivity (Wildman–Crippen MR) is 118 cm³/mol. The van der Waals surface area contributed by atoms with E-state index >= 15 is 0 Å². The summed E-state index contributed by atoms with van der Waals surface area (Å²) in [5, 5.41) is 6.64. The molecule has 0 aromatic heterocycles. The molecule has 1 fully saturated rings. The fraction of sp³-hybridized carbons (Fsp3) is 0.435. The van der Waals surface area contributed by atoms with Gasteiger partial charge in [-0.25, -0.2) is 0 Å². The number of nitrogens with one attached hydrogen (secondary N) is 2. The van der Waals surface area contributed by atoms with Crippen molar-refractivity contribution in [2.45, 2.75) is 44.7 Å². The number of ether oxygens (including phenoxy) is 2. The van der Waals surface area contributed by atoms with Gasteiger partial charge < -0.3 is 20.1 Å². The Hall–Kier alpha value is -2.24. The normalized spacial score (nSPS) is 16.6. The summed E-state index contributed by atoms with van der Waals surface area (Å²) in [7, 11) is 3.25. The van der Waals surface area contributed by atoms with Crippen LogP contribution in [0.25, 0.3) is 0 Å². The molecule has 6 heteroatoms. The van der Waals surface area contributed by atoms with Crippen molar-refractivity contribution in [1.82, 2.24) is 10.6 Å². The van der Waals surface area contributed by atoms with Gasteiger partial charge in [-0.05, 0) is 61.6 Å². The average Bonchev–Trinajstić information content (AvgIpc) is 3.21. The van der Waals surface area contributed by atoms with Crippen molar-refractivity contribution in [2.75, 3.05) is 20.8 Å². The Morgan fingerprint density at radius 3 is 2.59 bits per heavy atom. The van der Waals surface area contributed by atoms with Crippen LogP contribution in [0, 0.1) is 6.92 Å². The van der Waals surface area contributed by atoms with Gasteiger partial charge in [0.2, 0.25) is 5.91 Å². The molecule has 0 radical (unpaired) electrons. The number of amides is 1. The van der Waals surface area contributed by atoms with Gasteiger partial charge in [0.25, 0.3) is 0 Å². The molecule has 0 aliphatic carbocycles. The first-order chi connectivity index (χ1) is 13.6. The molecule has 2 unspecified atom stereocenters. The molecule has 158 valence electrons. The Bertz CT molecular complexity index is 806.